The van der Waals surface area contributed by atoms with Gasteiger partial charge in [0.25, 0.3) is 5.69 Å². The van der Waals surface area contributed by atoms with E-state index in [0.717, 1.165) is 5.69 Å². The van der Waals surface area contributed by atoms with E-state index in [1.54, 1.807) is 12.3 Å². The minimum Gasteiger partial charge on any atom is -0.434 e. The van der Waals surface area contributed by atoms with Crippen molar-refractivity contribution in [3.8, 4) is 5.75 Å². The number of benzene rings is 1. The van der Waals surface area contributed by atoms with Crippen molar-refractivity contribution in [2.24, 2.45) is 0 Å². The second kappa shape index (κ2) is 6.99. The number of nitro benzene ring substituents is 1. The van der Waals surface area contributed by atoms with Crippen LogP contribution in [0.15, 0.2) is 48.7 Å². The average molecular weight is 288 g/mol. The molecule has 7 heteroatoms. The summed E-state index contributed by atoms with van der Waals surface area (Å²) in [5.74, 6) is 0.184. The first-order valence-corrected chi connectivity index (χ1v) is 6.14. The Hall–Kier alpha value is -2.96. The van der Waals surface area contributed by atoms with Gasteiger partial charge in [-0.1, -0.05) is 6.07 Å². The molecule has 0 saturated carbocycles. The molecule has 2 rings (SSSR count). The van der Waals surface area contributed by atoms with Gasteiger partial charge in [0.15, 0.2) is 0 Å². The van der Waals surface area contributed by atoms with E-state index in [4.69, 9.17) is 9.47 Å². The summed E-state index contributed by atoms with van der Waals surface area (Å²) in [6.07, 6.45) is 1.28. The molecule has 0 unspecified atom stereocenters. The van der Waals surface area contributed by atoms with Gasteiger partial charge in [0.05, 0.1) is 4.92 Å². The van der Waals surface area contributed by atoms with Crippen LogP contribution in [0, 0.1) is 10.1 Å². The molecule has 1 aromatic carbocycles. The van der Waals surface area contributed by atoms with Crippen molar-refractivity contribution < 1.29 is 19.2 Å². The van der Waals surface area contributed by atoms with Crippen molar-refractivity contribution in [2.75, 3.05) is 6.61 Å². The zero-order valence-corrected chi connectivity index (χ0v) is 11.0. The summed E-state index contributed by atoms with van der Waals surface area (Å²) in [7, 11) is 0. The first kappa shape index (κ1) is 14.4. The van der Waals surface area contributed by atoms with Gasteiger partial charge in [-0.25, -0.2) is 4.79 Å². The molecule has 0 N–H and O–H groups in total. The molecule has 0 amide bonds. The van der Waals surface area contributed by atoms with Crippen molar-refractivity contribution in [2.45, 2.75) is 6.42 Å². The number of carbonyl (C=O) groups excluding carboxylic acids is 1. The summed E-state index contributed by atoms with van der Waals surface area (Å²) < 4.78 is 9.78. The second-order valence-electron chi connectivity index (χ2n) is 4.02. The molecule has 0 bridgehead atoms. The van der Waals surface area contributed by atoms with Crippen molar-refractivity contribution in [3.63, 3.8) is 0 Å². The maximum Gasteiger partial charge on any atom is 0.513 e. The molecule has 108 valence electrons. The quantitative estimate of drug-likeness (QED) is 0.363. The lowest BCUT2D eigenvalue weighted by Crippen LogP contribution is -2.13. The van der Waals surface area contributed by atoms with Crippen LogP contribution in [0.25, 0.3) is 0 Å². The average Bonchev–Trinajstić information content (AvgIpc) is 2.49. The number of hydrogen-bond donors (Lipinski definition) is 0. The topological polar surface area (TPSA) is 91.6 Å². The minimum atomic E-state index is -0.861. The largest absolute Gasteiger partial charge is 0.513 e. The predicted molar refractivity (Wildman–Crippen MR) is 73.0 cm³/mol. The smallest absolute Gasteiger partial charge is 0.434 e. The molecular weight excluding hydrogens is 276 g/mol. The third-order valence-corrected chi connectivity index (χ3v) is 2.55. The van der Waals surface area contributed by atoms with E-state index >= 15 is 0 Å². The third kappa shape index (κ3) is 4.57. The van der Waals surface area contributed by atoms with Crippen LogP contribution < -0.4 is 4.74 Å². The molecule has 0 spiro atoms. The van der Waals surface area contributed by atoms with E-state index in [2.05, 4.69) is 4.98 Å². The lowest BCUT2D eigenvalue weighted by molar-refractivity contribution is -0.384. The number of hydrogen-bond acceptors (Lipinski definition) is 6. The molecule has 21 heavy (non-hydrogen) atoms. The highest BCUT2D eigenvalue weighted by Crippen LogP contribution is 2.17. The summed E-state index contributed by atoms with van der Waals surface area (Å²) in [4.78, 5) is 25.5. The fraction of sp³-hybridized carbons (Fsp3) is 0.143. The van der Waals surface area contributed by atoms with Gasteiger partial charge >= 0.3 is 6.16 Å². The normalized spacial score (nSPS) is 9.90. The van der Waals surface area contributed by atoms with Crippen LogP contribution in [-0.4, -0.2) is 22.7 Å². The van der Waals surface area contributed by atoms with Crippen molar-refractivity contribution in [1.82, 2.24) is 4.98 Å². The zero-order valence-electron chi connectivity index (χ0n) is 11.0. The first-order valence-electron chi connectivity index (χ1n) is 6.14. The predicted octanol–water partition coefficient (Wildman–Crippen LogP) is 2.75. The molecule has 0 atom stereocenters. The Bertz CT molecular complexity index is 613. The van der Waals surface area contributed by atoms with Crippen molar-refractivity contribution in [1.29, 1.82) is 0 Å². The fourth-order valence-corrected chi connectivity index (χ4v) is 1.55. The highest BCUT2D eigenvalue weighted by Gasteiger charge is 2.09. The van der Waals surface area contributed by atoms with Crippen LogP contribution in [0.5, 0.6) is 5.75 Å². The van der Waals surface area contributed by atoms with E-state index in [-0.39, 0.29) is 18.0 Å². The summed E-state index contributed by atoms with van der Waals surface area (Å²) in [5, 5.41) is 10.5. The van der Waals surface area contributed by atoms with Crippen LogP contribution in [-0.2, 0) is 11.2 Å². The summed E-state index contributed by atoms with van der Waals surface area (Å²) >= 11 is 0. The second-order valence-corrected chi connectivity index (χ2v) is 4.02. The number of aromatic nitrogens is 1. The van der Waals surface area contributed by atoms with Gasteiger partial charge in [0.2, 0.25) is 0 Å². The molecular formula is C14H12N2O5. The number of pyridine rings is 1. The third-order valence-electron chi connectivity index (χ3n) is 2.55. The van der Waals surface area contributed by atoms with E-state index in [0.29, 0.717) is 6.42 Å². The van der Waals surface area contributed by atoms with E-state index < -0.39 is 11.1 Å². The van der Waals surface area contributed by atoms with Crippen LogP contribution in [0.1, 0.15) is 5.69 Å². The Kier molecular flexibility index (Phi) is 4.81. The number of nitro groups is 1. The minimum absolute atomic E-state index is 0.0779. The molecule has 0 aliphatic heterocycles. The van der Waals surface area contributed by atoms with Crippen LogP contribution in [0.3, 0.4) is 0 Å². The summed E-state index contributed by atoms with van der Waals surface area (Å²) in [6.45, 7) is 0.142. The number of non-ortho nitro benzene ring substituents is 1. The highest BCUT2D eigenvalue weighted by molar-refractivity contribution is 5.63. The molecule has 0 fully saturated rings. The number of nitrogens with zero attached hydrogens (tertiary/aromatic N) is 2. The Morgan fingerprint density at radius 2 is 1.95 bits per heavy atom. The van der Waals surface area contributed by atoms with E-state index in [1.165, 1.54) is 24.3 Å². The van der Waals surface area contributed by atoms with Gasteiger partial charge in [0.1, 0.15) is 12.4 Å². The molecule has 0 aliphatic rings. The Morgan fingerprint density at radius 1 is 1.19 bits per heavy atom. The SMILES string of the molecule is O=C(OCCc1ccccn1)Oc1ccc([N+](=O)[O-])cc1. The Labute approximate surface area is 120 Å². The molecule has 0 aliphatic carbocycles. The molecule has 7 nitrogen and oxygen atoms in total. The van der Waals surface area contributed by atoms with Crippen molar-refractivity contribution >= 4 is 11.8 Å². The van der Waals surface area contributed by atoms with E-state index in [9.17, 15) is 14.9 Å². The van der Waals surface area contributed by atoms with Crippen LogP contribution >= 0.6 is 0 Å². The summed E-state index contributed by atoms with van der Waals surface area (Å²) in [5.41, 5.74) is 0.728. The molecule has 0 saturated heterocycles. The van der Waals surface area contributed by atoms with Gasteiger partial charge < -0.3 is 9.47 Å². The lowest BCUT2D eigenvalue weighted by atomic mass is 10.3. The lowest BCUT2D eigenvalue weighted by Gasteiger charge is -2.05. The molecule has 1 heterocycles. The van der Waals surface area contributed by atoms with Gasteiger partial charge in [0, 0.05) is 30.4 Å². The maximum absolute atomic E-state index is 11.4. The van der Waals surface area contributed by atoms with Crippen LogP contribution in [0.2, 0.25) is 0 Å². The number of carbonyl (C=O) groups is 1. The molecule has 1 aromatic heterocycles. The van der Waals surface area contributed by atoms with Gasteiger partial charge in [-0.3, -0.25) is 15.1 Å². The summed E-state index contributed by atoms with van der Waals surface area (Å²) in [6, 6.07) is 10.6. The van der Waals surface area contributed by atoms with Crippen molar-refractivity contribution in [3.05, 3.63) is 64.5 Å². The maximum atomic E-state index is 11.4. The van der Waals surface area contributed by atoms with Gasteiger partial charge in [-0.05, 0) is 24.3 Å². The number of rotatable bonds is 5. The Morgan fingerprint density at radius 3 is 2.57 bits per heavy atom. The fourth-order valence-electron chi connectivity index (χ4n) is 1.55. The van der Waals surface area contributed by atoms with Crippen LogP contribution in [0.4, 0.5) is 10.5 Å². The van der Waals surface area contributed by atoms with Gasteiger partial charge in [-0.15, -0.1) is 0 Å². The monoisotopic (exact) mass is 288 g/mol. The zero-order chi connectivity index (χ0) is 15.1. The highest BCUT2D eigenvalue weighted by atomic mass is 16.7. The molecule has 2 aromatic rings. The Balaban J connectivity index is 1.78. The standard InChI is InChI=1S/C14H12N2O5/c17-14(20-10-8-11-3-1-2-9-15-11)21-13-6-4-12(5-7-13)16(18)19/h1-7,9H,8,10H2. The first-order chi connectivity index (χ1) is 10.1. The number of ether oxygens (including phenoxy) is 2. The molecule has 0 radical (unpaired) electrons. The van der Waals surface area contributed by atoms with Gasteiger partial charge in [-0.2, -0.15) is 0 Å². The van der Waals surface area contributed by atoms with E-state index in [1.807, 2.05) is 12.1 Å².